The molecule has 0 fully saturated rings. The van der Waals surface area contributed by atoms with Crippen LogP contribution in [0.3, 0.4) is 0 Å². The minimum atomic E-state index is -0.838. The van der Waals surface area contributed by atoms with Crippen LogP contribution in [-0.4, -0.2) is 16.2 Å². The Morgan fingerprint density at radius 3 is 2.39 bits per heavy atom. The summed E-state index contributed by atoms with van der Waals surface area (Å²) < 4.78 is 28.7. The molecule has 160 valence electrons. The second-order valence-corrected chi connectivity index (χ2v) is 7.63. The Morgan fingerprint density at radius 1 is 1.00 bits per heavy atom. The summed E-state index contributed by atoms with van der Waals surface area (Å²) in [6.07, 6.45) is 10.2. The summed E-state index contributed by atoms with van der Waals surface area (Å²) >= 11 is 0. The molecule has 3 aromatic rings. The first-order chi connectivity index (χ1) is 15.0. The van der Waals surface area contributed by atoms with Crippen molar-refractivity contribution in [3.8, 4) is 22.4 Å². The Bertz CT molecular complexity index is 1040. The van der Waals surface area contributed by atoms with E-state index in [1.165, 1.54) is 0 Å². The fourth-order valence-electron chi connectivity index (χ4n) is 3.37. The molecule has 0 amide bonds. The van der Waals surface area contributed by atoms with E-state index in [1.807, 2.05) is 36.5 Å². The zero-order valence-corrected chi connectivity index (χ0v) is 17.7. The molecule has 0 aliphatic rings. The van der Waals surface area contributed by atoms with Crippen LogP contribution >= 0.6 is 0 Å². The summed E-state index contributed by atoms with van der Waals surface area (Å²) in [5, 5.41) is 9.27. The average molecular weight is 420 g/mol. The van der Waals surface area contributed by atoms with Crippen LogP contribution in [0.25, 0.3) is 28.5 Å². The van der Waals surface area contributed by atoms with Crippen molar-refractivity contribution < 1.29 is 13.9 Å². The lowest BCUT2D eigenvalue weighted by atomic mass is 9.99. The van der Waals surface area contributed by atoms with Crippen LogP contribution in [0.5, 0.6) is 0 Å². The molecule has 0 aliphatic heterocycles. The first-order valence-corrected chi connectivity index (χ1v) is 10.5. The molecule has 1 aromatic heterocycles. The largest absolute Gasteiger partial charge is 0.393 e. The van der Waals surface area contributed by atoms with E-state index in [0.29, 0.717) is 17.5 Å². The lowest BCUT2D eigenvalue weighted by molar-refractivity contribution is 0.182. The number of allylic oxidation sites excluding steroid dienone is 2. The highest BCUT2D eigenvalue weighted by atomic mass is 19.2. The number of benzene rings is 2. The fraction of sp³-hybridized carbons (Fsp3) is 0.222. The van der Waals surface area contributed by atoms with Gasteiger partial charge >= 0.3 is 0 Å². The van der Waals surface area contributed by atoms with Gasteiger partial charge in [0.15, 0.2) is 11.6 Å². The molecule has 0 saturated heterocycles. The van der Waals surface area contributed by atoms with Crippen molar-refractivity contribution in [2.45, 2.75) is 38.7 Å². The second kappa shape index (κ2) is 10.8. The zero-order chi connectivity index (χ0) is 22.2. The Kier molecular flexibility index (Phi) is 7.85. The summed E-state index contributed by atoms with van der Waals surface area (Å²) in [7, 11) is 0. The van der Waals surface area contributed by atoms with E-state index in [-0.39, 0.29) is 11.7 Å². The number of pyridine rings is 1. The number of aliphatic hydroxyl groups excluding tert-OH is 1. The summed E-state index contributed by atoms with van der Waals surface area (Å²) in [6.45, 7) is 5.37. The van der Waals surface area contributed by atoms with E-state index in [0.717, 1.165) is 36.1 Å². The van der Waals surface area contributed by atoms with Gasteiger partial charge in [0.05, 0.1) is 11.8 Å². The SMILES string of the molecule is C=CCc1ccc(-c2ccc(-c3ccc(/C=C/CCCC(C)O)cn3)cc2)c(F)c1F. The number of nitrogens with zero attached hydrogens (tertiary/aromatic N) is 1. The highest BCUT2D eigenvalue weighted by Crippen LogP contribution is 2.29. The molecule has 0 aliphatic carbocycles. The first kappa shape index (κ1) is 22.6. The van der Waals surface area contributed by atoms with Crippen molar-refractivity contribution in [1.82, 2.24) is 4.98 Å². The van der Waals surface area contributed by atoms with Gasteiger partial charge in [-0.25, -0.2) is 8.78 Å². The van der Waals surface area contributed by atoms with Gasteiger partial charge < -0.3 is 5.11 Å². The first-order valence-electron chi connectivity index (χ1n) is 10.5. The summed E-state index contributed by atoms with van der Waals surface area (Å²) in [5.41, 5.74) is 3.87. The maximum absolute atomic E-state index is 14.5. The molecule has 0 spiro atoms. The molecule has 31 heavy (non-hydrogen) atoms. The third kappa shape index (κ3) is 5.96. The van der Waals surface area contributed by atoms with Gasteiger partial charge in [-0.3, -0.25) is 4.98 Å². The van der Waals surface area contributed by atoms with Gasteiger partial charge in [0.1, 0.15) is 0 Å². The summed E-state index contributed by atoms with van der Waals surface area (Å²) in [6, 6.07) is 14.4. The van der Waals surface area contributed by atoms with Gasteiger partial charge in [0, 0.05) is 17.3 Å². The zero-order valence-electron chi connectivity index (χ0n) is 17.7. The number of aliphatic hydroxyl groups is 1. The van der Waals surface area contributed by atoms with Gasteiger partial charge in [-0.15, -0.1) is 6.58 Å². The molecule has 1 N–H and O–H groups in total. The molecule has 4 heteroatoms. The number of halogens is 2. The van der Waals surface area contributed by atoms with Crippen molar-refractivity contribution in [3.63, 3.8) is 0 Å². The van der Waals surface area contributed by atoms with Crippen LogP contribution in [0.1, 0.15) is 37.3 Å². The highest BCUT2D eigenvalue weighted by Gasteiger charge is 2.14. The van der Waals surface area contributed by atoms with Crippen molar-refractivity contribution in [3.05, 3.63) is 96.2 Å². The van der Waals surface area contributed by atoms with Crippen LogP contribution in [0.15, 0.2) is 73.5 Å². The topological polar surface area (TPSA) is 33.1 Å². The molecule has 3 rings (SSSR count). The van der Waals surface area contributed by atoms with Crippen LogP contribution < -0.4 is 0 Å². The molecule has 1 unspecified atom stereocenters. The number of aromatic nitrogens is 1. The van der Waals surface area contributed by atoms with Crippen LogP contribution in [0, 0.1) is 11.6 Å². The van der Waals surface area contributed by atoms with Crippen molar-refractivity contribution >= 4 is 6.08 Å². The molecular formula is C27H27F2NO. The van der Waals surface area contributed by atoms with Crippen LogP contribution in [0.4, 0.5) is 8.78 Å². The Labute approximate surface area is 182 Å². The third-order valence-electron chi connectivity index (χ3n) is 5.11. The predicted molar refractivity (Wildman–Crippen MR) is 123 cm³/mol. The second-order valence-electron chi connectivity index (χ2n) is 7.63. The molecular weight excluding hydrogens is 392 g/mol. The molecule has 0 saturated carbocycles. The highest BCUT2D eigenvalue weighted by molar-refractivity contribution is 5.70. The minimum Gasteiger partial charge on any atom is -0.393 e. The molecule has 2 aromatic carbocycles. The van der Waals surface area contributed by atoms with E-state index < -0.39 is 11.6 Å². The summed E-state index contributed by atoms with van der Waals surface area (Å²) in [4.78, 5) is 4.51. The standard InChI is InChI=1S/C27H27F2NO/c1-3-7-23-15-16-24(27(29)26(23)28)21-11-13-22(14-12-21)25-17-10-20(18-30-25)9-6-4-5-8-19(2)31/h3,6,9-19,31H,1,4-5,7-8H2,2H3/b9-6+. The quantitative estimate of drug-likeness (QED) is 0.300. The van der Waals surface area contributed by atoms with E-state index in [9.17, 15) is 13.9 Å². The normalized spacial score (nSPS) is 12.3. The van der Waals surface area contributed by atoms with Gasteiger partial charge in [-0.1, -0.05) is 60.7 Å². The van der Waals surface area contributed by atoms with Crippen LogP contribution in [0.2, 0.25) is 0 Å². The van der Waals surface area contributed by atoms with E-state index >= 15 is 0 Å². The Balaban J connectivity index is 1.70. The molecule has 1 atom stereocenters. The number of hydrogen-bond donors (Lipinski definition) is 1. The predicted octanol–water partition coefficient (Wildman–Crippen LogP) is 6.99. The van der Waals surface area contributed by atoms with Crippen LogP contribution in [-0.2, 0) is 6.42 Å². The Morgan fingerprint density at radius 2 is 1.74 bits per heavy atom. The van der Waals surface area contributed by atoms with E-state index in [1.54, 1.807) is 37.3 Å². The molecule has 1 heterocycles. The summed E-state index contributed by atoms with van der Waals surface area (Å²) in [5.74, 6) is -1.66. The van der Waals surface area contributed by atoms with Crippen molar-refractivity contribution in [1.29, 1.82) is 0 Å². The molecule has 0 bridgehead atoms. The maximum Gasteiger partial charge on any atom is 0.166 e. The molecule has 0 radical (unpaired) electrons. The average Bonchev–Trinajstić information content (AvgIpc) is 2.77. The van der Waals surface area contributed by atoms with Gasteiger partial charge in [-0.2, -0.15) is 0 Å². The van der Waals surface area contributed by atoms with E-state index in [4.69, 9.17) is 0 Å². The third-order valence-corrected chi connectivity index (χ3v) is 5.11. The number of hydrogen-bond acceptors (Lipinski definition) is 2. The number of rotatable bonds is 9. The fourth-order valence-corrected chi connectivity index (χ4v) is 3.37. The maximum atomic E-state index is 14.5. The van der Waals surface area contributed by atoms with Gasteiger partial charge in [0.25, 0.3) is 0 Å². The number of unbranched alkanes of at least 4 members (excludes halogenated alkanes) is 1. The Hall–Kier alpha value is -3.11. The smallest absolute Gasteiger partial charge is 0.166 e. The lowest BCUT2D eigenvalue weighted by Crippen LogP contribution is -1.97. The van der Waals surface area contributed by atoms with Gasteiger partial charge in [-0.05, 0) is 55.4 Å². The monoisotopic (exact) mass is 419 g/mol. The van der Waals surface area contributed by atoms with E-state index in [2.05, 4.69) is 17.6 Å². The molecule has 2 nitrogen and oxygen atoms in total. The minimum absolute atomic E-state index is 0.237. The van der Waals surface area contributed by atoms with Crippen molar-refractivity contribution in [2.24, 2.45) is 0 Å². The van der Waals surface area contributed by atoms with Crippen molar-refractivity contribution in [2.75, 3.05) is 0 Å². The van der Waals surface area contributed by atoms with Gasteiger partial charge in [0.2, 0.25) is 0 Å². The lowest BCUT2D eigenvalue weighted by Gasteiger charge is -2.09.